The van der Waals surface area contributed by atoms with Crippen LogP contribution in [0.3, 0.4) is 0 Å². The van der Waals surface area contributed by atoms with E-state index in [1.807, 2.05) is 36.7 Å². The molecule has 1 aromatic rings. The van der Waals surface area contributed by atoms with Crippen molar-refractivity contribution in [3.05, 3.63) is 36.4 Å². The molecular formula is C18H26Cl2O2Ru. The summed E-state index contributed by atoms with van der Waals surface area (Å²) in [7, 11) is 16.1. The molecule has 0 bridgehead atoms. The van der Waals surface area contributed by atoms with Crippen LogP contribution in [0.1, 0.15) is 57.6 Å². The molecule has 0 saturated carbocycles. The first-order chi connectivity index (χ1) is 10.8. The minimum atomic E-state index is -1.95. The summed E-state index contributed by atoms with van der Waals surface area (Å²) < 4.78 is 4.73. The number of ketones is 1. The molecule has 1 rings (SSSR count). The Morgan fingerprint density at radius 1 is 1.35 bits per heavy atom. The molecule has 2 nitrogen and oxygen atoms in total. The van der Waals surface area contributed by atoms with Gasteiger partial charge in [-0.1, -0.05) is 0 Å². The Kier molecular flexibility index (Phi) is 9.58. The van der Waals surface area contributed by atoms with Gasteiger partial charge in [0.1, 0.15) is 0 Å². The average molecular weight is 446 g/mol. The van der Waals surface area contributed by atoms with Crippen LogP contribution < -0.4 is 0 Å². The van der Waals surface area contributed by atoms with Crippen molar-refractivity contribution in [3.8, 4) is 5.75 Å². The number of hydrogen-bond acceptors (Lipinski definition) is 1. The molecule has 0 unspecified atom stereocenters. The van der Waals surface area contributed by atoms with Crippen molar-refractivity contribution >= 4 is 29.8 Å². The number of benzene rings is 1. The number of hydrogen-bond donors (Lipinski definition) is 0. The Hall–Kier alpha value is -0.237. The number of rotatable bonds is 9. The van der Waals surface area contributed by atoms with E-state index in [1.165, 1.54) is 0 Å². The van der Waals surface area contributed by atoms with Gasteiger partial charge in [-0.3, -0.25) is 0 Å². The van der Waals surface area contributed by atoms with E-state index in [1.54, 1.807) is 0 Å². The summed E-state index contributed by atoms with van der Waals surface area (Å²) >= 11 is -1.95. The number of carbonyl (C=O) groups excluding carboxylic acids is 1. The second-order valence-electron chi connectivity index (χ2n) is 5.83. The van der Waals surface area contributed by atoms with Crippen LogP contribution >= 0.6 is 19.4 Å². The second kappa shape index (κ2) is 10.6. The fourth-order valence-electron chi connectivity index (χ4n) is 2.25. The number of halogens is 2. The summed E-state index contributed by atoms with van der Waals surface area (Å²) in [6.07, 6.45) is 4.52. The van der Waals surface area contributed by atoms with Crippen LogP contribution in [0.4, 0.5) is 0 Å². The first-order valence-electron chi connectivity index (χ1n) is 7.85. The monoisotopic (exact) mass is 446 g/mol. The normalized spacial score (nSPS) is 11.5. The van der Waals surface area contributed by atoms with Crippen molar-refractivity contribution in [2.75, 3.05) is 0 Å². The number of carbonyl (C=O) groups is 1. The van der Waals surface area contributed by atoms with Crippen LogP contribution in [-0.4, -0.2) is 16.5 Å². The quantitative estimate of drug-likeness (QED) is 0.200. The molecule has 0 aliphatic carbocycles. The Morgan fingerprint density at radius 3 is 2.61 bits per heavy atom. The molecule has 1 aromatic carbocycles. The molecule has 0 aliphatic heterocycles. The molecule has 0 amide bonds. The molecular weight excluding hydrogens is 420 g/mol. The molecule has 0 spiro atoms. The fourth-order valence-corrected chi connectivity index (χ4v) is 4.04. The van der Waals surface area contributed by atoms with Gasteiger partial charge < -0.3 is 0 Å². The summed E-state index contributed by atoms with van der Waals surface area (Å²) in [5, 5.41) is 0. The summed E-state index contributed by atoms with van der Waals surface area (Å²) in [5.41, 5.74) is 1.95. The van der Waals surface area contributed by atoms with Gasteiger partial charge in [0, 0.05) is 0 Å². The molecule has 0 aliphatic rings. The Bertz CT molecular complexity index is 552. The number of Topliss-reactive ketones (excluding diaryl/α,β-unsaturated/α-hetero) is 1. The third-order valence-electron chi connectivity index (χ3n) is 3.57. The Morgan fingerprint density at radius 2 is 2.04 bits per heavy atom. The van der Waals surface area contributed by atoms with Crippen LogP contribution in [0.5, 0.6) is 5.75 Å². The maximum absolute atomic E-state index is 12.1. The standard InChI is InChI=1S/C18H26O2.2ClH.Ru/c1-6-7-8-9-17(19)13-16-10-11-18(15(4)12-16)20(5)14(2)3;;;/h4,10-12,14H,5-9,13H2,1-3H3;2*1H;/q;;;+2/p-2. The fraction of sp³-hybridized carbons (Fsp3) is 0.500. The molecule has 0 N–H and O–H groups in total. The molecule has 0 aromatic heterocycles. The van der Waals surface area contributed by atoms with Crippen molar-refractivity contribution in [2.45, 2.75) is 59.0 Å². The predicted molar refractivity (Wildman–Crippen MR) is 97.2 cm³/mol. The van der Waals surface area contributed by atoms with E-state index in [4.69, 9.17) is 19.4 Å². The van der Waals surface area contributed by atoms with Crippen molar-refractivity contribution < 1.29 is 22.7 Å². The SMILES string of the molecule is [CH2-][O+](c1ccc(CC(=O)CCCCC)cc1[CH]=[Ru]([Cl])[Cl])C(C)C. The van der Waals surface area contributed by atoms with E-state index < -0.39 is 13.5 Å². The van der Waals surface area contributed by atoms with Gasteiger partial charge in [-0.2, -0.15) is 0 Å². The van der Waals surface area contributed by atoms with Crippen LogP contribution in [0.2, 0.25) is 0 Å². The van der Waals surface area contributed by atoms with Gasteiger partial charge in [0.15, 0.2) is 0 Å². The third kappa shape index (κ3) is 7.46. The van der Waals surface area contributed by atoms with Crippen LogP contribution in [0.25, 0.3) is 0 Å². The summed E-state index contributed by atoms with van der Waals surface area (Å²) in [6, 6.07) is 5.97. The first-order valence-corrected chi connectivity index (χ1v) is 13.3. The van der Waals surface area contributed by atoms with Gasteiger partial charge in [0.25, 0.3) is 0 Å². The molecule has 0 atom stereocenters. The molecule has 132 valence electrons. The summed E-state index contributed by atoms with van der Waals surface area (Å²) in [5.74, 6) is 1.20. The minimum absolute atomic E-state index is 0.190. The third-order valence-corrected chi connectivity index (χ3v) is 5.41. The summed E-state index contributed by atoms with van der Waals surface area (Å²) in [6.45, 7) is 6.23. The molecule has 23 heavy (non-hydrogen) atoms. The molecule has 5 heteroatoms. The van der Waals surface area contributed by atoms with Gasteiger partial charge >= 0.3 is 154 Å². The maximum atomic E-state index is 12.1. The average Bonchev–Trinajstić information content (AvgIpc) is 2.46. The second-order valence-corrected chi connectivity index (χ2v) is 11.6. The Labute approximate surface area is 153 Å². The van der Waals surface area contributed by atoms with E-state index in [2.05, 4.69) is 18.4 Å². The van der Waals surface area contributed by atoms with E-state index in [0.29, 0.717) is 12.8 Å². The zero-order chi connectivity index (χ0) is 17.4. The van der Waals surface area contributed by atoms with Gasteiger partial charge in [-0.25, -0.2) is 0 Å². The zero-order valence-electron chi connectivity index (χ0n) is 14.1. The molecule has 0 saturated heterocycles. The molecule has 0 fully saturated rings. The van der Waals surface area contributed by atoms with Crippen molar-refractivity contribution in [2.24, 2.45) is 0 Å². The van der Waals surface area contributed by atoms with Gasteiger partial charge in [-0.15, -0.1) is 0 Å². The predicted octanol–water partition coefficient (Wildman–Crippen LogP) is 5.92. The van der Waals surface area contributed by atoms with Gasteiger partial charge in [-0.05, 0) is 0 Å². The Balaban J connectivity index is 2.95. The van der Waals surface area contributed by atoms with Crippen molar-refractivity contribution in [3.63, 3.8) is 0 Å². The zero-order valence-corrected chi connectivity index (χ0v) is 17.3. The van der Waals surface area contributed by atoms with Crippen LogP contribution in [0, 0.1) is 7.11 Å². The van der Waals surface area contributed by atoms with E-state index in [-0.39, 0.29) is 11.9 Å². The topological polar surface area (TPSA) is 19.8 Å². The number of unbranched alkanes of at least 4 members (excludes halogenated alkanes) is 2. The van der Waals surface area contributed by atoms with E-state index in [0.717, 1.165) is 36.1 Å². The summed E-state index contributed by atoms with van der Waals surface area (Å²) in [4.78, 5) is 12.1. The van der Waals surface area contributed by atoms with Crippen LogP contribution in [-0.2, 0) is 29.1 Å². The van der Waals surface area contributed by atoms with Crippen molar-refractivity contribution in [1.82, 2.24) is 0 Å². The van der Waals surface area contributed by atoms with E-state index >= 15 is 0 Å². The first kappa shape index (κ1) is 20.8. The van der Waals surface area contributed by atoms with Crippen molar-refractivity contribution in [1.29, 1.82) is 0 Å². The van der Waals surface area contributed by atoms with Gasteiger partial charge in [0.05, 0.1) is 0 Å². The molecule has 0 radical (unpaired) electrons. The van der Waals surface area contributed by atoms with Gasteiger partial charge in [0.2, 0.25) is 0 Å². The van der Waals surface area contributed by atoms with E-state index in [9.17, 15) is 4.79 Å². The van der Waals surface area contributed by atoms with Crippen LogP contribution in [0.15, 0.2) is 18.2 Å². The molecule has 0 heterocycles.